The van der Waals surface area contributed by atoms with Crippen LogP contribution in [0.15, 0.2) is 18.5 Å². The second kappa shape index (κ2) is 5.65. The first-order valence-electron chi connectivity index (χ1n) is 5.10. The highest BCUT2D eigenvalue weighted by atomic mass is 32.1. The van der Waals surface area contributed by atoms with Gasteiger partial charge in [0.15, 0.2) is 10.9 Å². The Labute approximate surface area is 100.0 Å². The van der Waals surface area contributed by atoms with Gasteiger partial charge in [-0.2, -0.15) is 0 Å². The number of hydrogen-bond donors (Lipinski definition) is 1. The summed E-state index contributed by atoms with van der Waals surface area (Å²) in [6, 6.07) is 0.325. The molecule has 0 saturated heterocycles. The van der Waals surface area contributed by atoms with Crippen LogP contribution in [0.4, 0.5) is 5.13 Å². The highest BCUT2D eigenvalue weighted by molar-refractivity contribution is 7.17. The monoisotopic (exact) mass is 239 g/mol. The van der Waals surface area contributed by atoms with Crippen molar-refractivity contribution in [1.82, 2.24) is 9.88 Å². The van der Waals surface area contributed by atoms with Gasteiger partial charge in [0.2, 0.25) is 0 Å². The Balaban J connectivity index is 2.67. The minimum Gasteiger partial charge on any atom is -0.383 e. The van der Waals surface area contributed by atoms with E-state index >= 15 is 0 Å². The van der Waals surface area contributed by atoms with Gasteiger partial charge in [-0.25, -0.2) is 4.98 Å². The molecule has 16 heavy (non-hydrogen) atoms. The summed E-state index contributed by atoms with van der Waals surface area (Å²) in [5.74, 6) is -0.0111. The normalized spacial score (nSPS) is 11.1. The molecule has 1 heterocycles. The molecule has 0 saturated carbocycles. The number of nitrogens with zero attached hydrogens (tertiary/aromatic N) is 2. The van der Waals surface area contributed by atoms with Gasteiger partial charge in [-0.1, -0.05) is 11.3 Å². The highest BCUT2D eigenvalue weighted by Crippen LogP contribution is 2.19. The lowest BCUT2D eigenvalue weighted by Crippen LogP contribution is -2.08. The Morgan fingerprint density at radius 1 is 1.56 bits per heavy atom. The van der Waals surface area contributed by atoms with E-state index in [0.717, 1.165) is 5.13 Å². The Bertz CT molecular complexity index is 382. The first-order valence-corrected chi connectivity index (χ1v) is 5.92. The quantitative estimate of drug-likeness (QED) is 0.632. The van der Waals surface area contributed by atoms with Crippen molar-refractivity contribution in [2.45, 2.75) is 19.9 Å². The zero-order chi connectivity index (χ0) is 12.1. The van der Waals surface area contributed by atoms with Crippen LogP contribution in [-0.4, -0.2) is 35.8 Å². The number of anilines is 1. The SMILES string of the molecule is CC(C)Nc1ncc(C(=O)C=CN(C)C)s1. The third-order valence-corrected chi connectivity index (χ3v) is 2.63. The third-order valence-electron chi connectivity index (χ3n) is 1.68. The van der Waals surface area contributed by atoms with Crippen LogP contribution in [0.25, 0.3) is 0 Å². The molecule has 0 aromatic carbocycles. The summed E-state index contributed by atoms with van der Waals surface area (Å²) in [4.78, 5) is 18.3. The fraction of sp³-hybridized carbons (Fsp3) is 0.455. The van der Waals surface area contributed by atoms with Crippen molar-refractivity contribution in [3.05, 3.63) is 23.3 Å². The molecule has 0 fully saturated rings. The summed E-state index contributed by atoms with van der Waals surface area (Å²) >= 11 is 1.38. The van der Waals surface area contributed by atoms with Crippen LogP contribution in [0.2, 0.25) is 0 Å². The van der Waals surface area contributed by atoms with Crippen LogP contribution >= 0.6 is 11.3 Å². The molecule has 1 N–H and O–H groups in total. The first-order chi connectivity index (χ1) is 7.49. The standard InChI is InChI=1S/C11H17N3OS/c1-8(2)13-11-12-7-10(16-11)9(15)5-6-14(3)4/h5-8H,1-4H3,(H,12,13). The summed E-state index contributed by atoms with van der Waals surface area (Å²) in [6.45, 7) is 4.07. The summed E-state index contributed by atoms with van der Waals surface area (Å²) < 4.78 is 0. The lowest BCUT2D eigenvalue weighted by atomic mass is 10.3. The molecule has 0 radical (unpaired) electrons. The molecule has 88 valence electrons. The van der Waals surface area contributed by atoms with Crippen LogP contribution in [0.3, 0.4) is 0 Å². The van der Waals surface area contributed by atoms with E-state index in [4.69, 9.17) is 0 Å². The minimum absolute atomic E-state index is 0.0111. The molecule has 5 heteroatoms. The molecular weight excluding hydrogens is 222 g/mol. The van der Waals surface area contributed by atoms with E-state index in [9.17, 15) is 4.79 Å². The molecule has 0 aliphatic heterocycles. The Kier molecular flexibility index (Phi) is 4.49. The van der Waals surface area contributed by atoms with Gasteiger partial charge < -0.3 is 10.2 Å². The number of carbonyl (C=O) groups is 1. The predicted octanol–water partition coefficient (Wildman–Crippen LogP) is 2.22. The number of thiazole rings is 1. The van der Waals surface area contributed by atoms with Crippen molar-refractivity contribution in [2.24, 2.45) is 0 Å². The number of carbonyl (C=O) groups excluding carboxylic acids is 1. The maximum atomic E-state index is 11.7. The molecule has 0 aliphatic rings. The van der Waals surface area contributed by atoms with Crippen LogP contribution in [0.5, 0.6) is 0 Å². The fourth-order valence-electron chi connectivity index (χ4n) is 1.00. The van der Waals surface area contributed by atoms with E-state index in [1.807, 2.05) is 32.8 Å². The van der Waals surface area contributed by atoms with Gasteiger partial charge >= 0.3 is 0 Å². The summed E-state index contributed by atoms with van der Waals surface area (Å²) in [6.07, 6.45) is 4.89. The maximum Gasteiger partial charge on any atom is 0.198 e. The maximum absolute atomic E-state index is 11.7. The number of nitrogens with one attached hydrogen (secondary N) is 1. The van der Waals surface area contributed by atoms with Crippen molar-refractivity contribution >= 4 is 22.3 Å². The number of rotatable bonds is 5. The Hall–Kier alpha value is -1.36. The van der Waals surface area contributed by atoms with Crippen LogP contribution < -0.4 is 5.32 Å². The number of allylic oxidation sites excluding steroid dienone is 1. The smallest absolute Gasteiger partial charge is 0.198 e. The van der Waals surface area contributed by atoms with Crippen molar-refractivity contribution in [3.8, 4) is 0 Å². The van der Waals surface area contributed by atoms with Crippen LogP contribution in [0.1, 0.15) is 23.5 Å². The second-order valence-electron chi connectivity index (χ2n) is 3.97. The largest absolute Gasteiger partial charge is 0.383 e. The molecule has 0 spiro atoms. The van der Waals surface area contributed by atoms with Gasteiger partial charge in [-0.05, 0) is 13.8 Å². The van der Waals surface area contributed by atoms with E-state index in [0.29, 0.717) is 10.9 Å². The first kappa shape index (κ1) is 12.7. The van der Waals surface area contributed by atoms with Crippen LogP contribution in [-0.2, 0) is 0 Å². The van der Waals surface area contributed by atoms with Gasteiger partial charge in [0.05, 0.1) is 11.1 Å². The summed E-state index contributed by atoms with van der Waals surface area (Å²) in [5.41, 5.74) is 0. The molecule has 0 unspecified atom stereocenters. The summed E-state index contributed by atoms with van der Waals surface area (Å²) in [5, 5.41) is 3.95. The predicted molar refractivity (Wildman–Crippen MR) is 68.0 cm³/mol. The molecule has 1 aromatic heterocycles. The average Bonchev–Trinajstić information content (AvgIpc) is 2.61. The second-order valence-corrected chi connectivity index (χ2v) is 5.00. The topological polar surface area (TPSA) is 45.2 Å². The van der Waals surface area contributed by atoms with Crippen LogP contribution in [0, 0.1) is 0 Å². The fourth-order valence-corrected chi connectivity index (χ4v) is 1.88. The van der Waals surface area contributed by atoms with Gasteiger partial charge in [0.1, 0.15) is 0 Å². The van der Waals surface area contributed by atoms with Gasteiger partial charge in [0, 0.05) is 32.4 Å². The Morgan fingerprint density at radius 3 is 2.81 bits per heavy atom. The molecule has 0 aliphatic carbocycles. The van der Waals surface area contributed by atoms with Gasteiger partial charge in [0.25, 0.3) is 0 Å². The van der Waals surface area contributed by atoms with E-state index in [-0.39, 0.29) is 5.78 Å². The zero-order valence-electron chi connectivity index (χ0n) is 10.0. The molecular formula is C11H17N3OS. The van der Waals surface area contributed by atoms with E-state index < -0.39 is 0 Å². The molecule has 0 atom stereocenters. The van der Waals surface area contributed by atoms with Crippen molar-refractivity contribution < 1.29 is 4.79 Å². The number of hydrogen-bond acceptors (Lipinski definition) is 5. The van der Waals surface area contributed by atoms with Crippen molar-refractivity contribution in [3.63, 3.8) is 0 Å². The minimum atomic E-state index is -0.0111. The average molecular weight is 239 g/mol. The lowest BCUT2D eigenvalue weighted by Gasteiger charge is -2.04. The van der Waals surface area contributed by atoms with Gasteiger partial charge in [-0.3, -0.25) is 4.79 Å². The molecule has 4 nitrogen and oxygen atoms in total. The molecule has 0 bridgehead atoms. The van der Waals surface area contributed by atoms with Gasteiger partial charge in [-0.15, -0.1) is 0 Å². The van der Waals surface area contributed by atoms with E-state index in [2.05, 4.69) is 10.3 Å². The highest BCUT2D eigenvalue weighted by Gasteiger charge is 2.08. The van der Waals surface area contributed by atoms with Crippen molar-refractivity contribution in [1.29, 1.82) is 0 Å². The molecule has 1 aromatic rings. The van der Waals surface area contributed by atoms with Crippen molar-refractivity contribution in [2.75, 3.05) is 19.4 Å². The number of aromatic nitrogens is 1. The lowest BCUT2D eigenvalue weighted by molar-refractivity contribution is 0.104. The molecule has 0 amide bonds. The third kappa shape index (κ3) is 4.02. The zero-order valence-corrected chi connectivity index (χ0v) is 10.8. The summed E-state index contributed by atoms with van der Waals surface area (Å²) in [7, 11) is 3.75. The number of ketones is 1. The Morgan fingerprint density at radius 2 is 2.25 bits per heavy atom. The molecule has 1 rings (SSSR count). The van der Waals surface area contributed by atoms with E-state index in [1.54, 1.807) is 18.5 Å². The van der Waals surface area contributed by atoms with E-state index in [1.165, 1.54) is 11.3 Å².